The molecule has 1 N–H and O–H groups in total. The number of halogens is 1. The molecule has 0 bridgehead atoms. The highest BCUT2D eigenvalue weighted by atomic mass is 79.9. The topological polar surface area (TPSA) is 55.1 Å². The number of nitrogens with zero attached hydrogens (tertiary/aromatic N) is 2. The number of hydrogen-bond acceptors (Lipinski definition) is 2. The van der Waals surface area contributed by atoms with E-state index in [0.29, 0.717) is 6.54 Å². The number of aromatic nitrogens is 2. The Balaban J connectivity index is 1.99. The Morgan fingerprint density at radius 3 is 2.71 bits per heavy atom. The van der Waals surface area contributed by atoms with Crippen LogP contribution in [0.3, 0.4) is 0 Å². The summed E-state index contributed by atoms with van der Waals surface area (Å²) < 4.78 is 2.89. The molecule has 0 aliphatic heterocycles. The summed E-state index contributed by atoms with van der Waals surface area (Å²) in [7, 11) is 0. The second kappa shape index (κ2) is 5.69. The molecular formula is C16H13BrN2O2. The van der Waals surface area contributed by atoms with Crippen molar-refractivity contribution in [3.63, 3.8) is 0 Å². The minimum Gasteiger partial charge on any atom is -0.481 e. The minimum absolute atomic E-state index is 0.0269. The fourth-order valence-electron chi connectivity index (χ4n) is 2.38. The van der Waals surface area contributed by atoms with Gasteiger partial charge < -0.3 is 5.11 Å². The monoisotopic (exact) mass is 344 g/mol. The first-order valence-corrected chi connectivity index (χ1v) is 7.32. The molecule has 0 saturated carbocycles. The molecule has 4 nitrogen and oxygen atoms in total. The maximum absolute atomic E-state index is 11.0. The van der Waals surface area contributed by atoms with Crippen molar-refractivity contribution in [2.45, 2.75) is 13.0 Å². The van der Waals surface area contributed by atoms with Crippen LogP contribution in [0.15, 0.2) is 53.1 Å². The maximum Gasteiger partial charge on any atom is 0.307 e. The summed E-state index contributed by atoms with van der Waals surface area (Å²) in [6.45, 7) is 0.559. The van der Waals surface area contributed by atoms with E-state index in [0.717, 1.165) is 26.5 Å². The van der Waals surface area contributed by atoms with Crippen molar-refractivity contribution in [3.8, 4) is 0 Å². The number of fused-ring (bicyclic) bond motifs is 1. The zero-order valence-electron chi connectivity index (χ0n) is 11.2. The van der Waals surface area contributed by atoms with E-state index in [2.05, 4.69) is 21.0 Å². The summed E-state index contributed by atoms with van der Waals surface area (Å²) in [6.07, 6.45) is 1.85. The van der Waals surface area contributed by atoms with Gasteiger partial charge in [0.05, 0.1) is 24.7 Å². The largest absolute Gasteiger partial charge is 0.481 e. The van der Waals surface area contributed by atoms with Crippen LogP contribution in [0.2, 0.25) is 0 Å². The highest BCUT2D eigenvalue weighted by Gasteiger charge is 2.09. The van der Waals surface area contributed by atoms with Crippen LogP contribution < -0.4 is 0 Å². The lowest BCUT2D eigenvalue weighted by molar-refractivity contribution is -0.136. The summed E-state index contributed by atoms with van der Waals surface area (Å²) in [5.74, 6) is -0.824. The molecule has 1 aromatic heterocycles. The first-order valence-electron chi connectivity index (χ1n) is 6.53. The molecular weight excluding hydrogens is 332 g/mol. The van der Waals surface area contributed by atoms with E-state index in [1.807, 2.05) is 53.3 Å². The van der Waals surface area contributed by atoms with Crippen LogP contribution in [0.4, 0.5) is 0 Å². The predicted molar refractivity (Wildman–Crippen MR) is 84.3 cm³/mol. The third-order valence-corrected chi connectivity index (χ3v) is 3.88. The Morgan fingerprint density at radius 1 is 1.19 bits per heavy atom. The van der Waals surface area contributed by atoms with E-state index < -0.39 is 5.97 Å². The Hall–Kier alpha value is -2.14. The molecule has 3 rings (SSSR count). The van der Waals surface area contributed by atoms with Crippen molar-refractivity contribution in [2.75, 3.05) is 0 Å². The van der Waals surface area contributed by atoms with Crippen molar-refractivity contribution in [1.82, 2.24) is 9.78 Å². The fourth-order valence-corrected chi connectivity index (χ4v) is 2.73. The molecule has 1 heterocycles. The van der Waals surface area contributed by atoms with Gasteiger partial charge in [0.1, 0.15) is 0 Å². The molecule has 0 amide bonds. The first kappa shape index (κ1) is 13.8. The third-order valence-electron chi connectivity index (χ3n) is 3.39. The standard InChI is InChI=1S/C16H13BrN2O2/c17-14-6-5-12-9-18-19(15(12)8-14)10-13-4-2-1-3-11(13)7-16(20)21/h1-6,8-9H,7,10H2,(H,20,21). The van der Waals surface area contributed by atoms with Crippen molar-refractivity contribution in [2.24, 2.45) is 0 Å². The normalized spacial score (nSPS) is 10.9. The van der Waals surface area contributed by atoms with Gasteiger partial charge in [-0.05, 0) is 23.3 Å². The van der Waals surface area contributed by atoms with Gasteiger partial charge in [0, 0.05) is 9.86 Å². The molecule has 0 aliphatic carbocycles. The van der Waals surface area contributed by atoms with Crippen LogP contribution in [-0.2, 0) is 17.8 Å². The highest BCUT2D eigenvalue weighted by Crippen LogP contribution is 2.21. The first-order chi connectivity index (χ1) is 10.1. The zero-order chi connectivity index (χ0) is 14.8. The smallest absolute Gasteiger partial charge is 0.307 e. The lowest BCUT2D eigenvalue weighted by Crippen LogP contribution is -2.08. The van der Waals surface area contributed by atoms with Gasteiger partial charge in [0.2, 0.25) is 0 Å². The SMILES string of the molecule is O=C(O)Cc1ccccc1Cn1ncc2ccc(Br)cc21. The summed E-state index contributed by atoms with van der Waals surface area (Å²) in [5.41, 5.74) is 2.82. The molecule has 0 unspecified atom stereocenters. The van der Waals surface area contributed by atoms with Crippen LogP contribution in [0.1, 0.15) is 11.1 Å². The Labute approximate surface area is 130 Å². The molecule has 21 heavy (non-hydrogen) atoms. The van der Waals surface area contributed by atoms with Crippen LogP contribution in [-0.4, -0.2) is 20.9 Å². The van der Waals surface area contributed by atoms with Crippen molar-refractivity contribution < 1.29 is 9.90 Å². The van der Waals surface area contributed by atoms with Gasteiger partial charge in [0.15, 0.2) is 0 Å². The molecule has 106 valence electrons. The van der Waals surface area contributed by atoms with Crippen molar-refractivity contribution >= 4 is 32.8 Å². The number of carbonyl (C=O) groups is 1. The molecule has 2 aromatic carbocycles. The number of hydrogen-bond donors (Lipinski definition) is 1. The number of carboxylic acids is 1. The van der Waals surface area contributed by atoms with Crippen molar-refractivity contribution in [1.29, 1.82) is 0 Å². The number of carboxylic acid groups (broad SMARTS) is 1. The Bertz CT molecular complexity index is 811. The van der Waals surface area contributed by atoms with Crippen LogP contribution in [0.25, 0.3) is 10.9 Å². The maximum atomic E-state index is 11.0. The zero-order valence-corrected chi connectivity index (χ0v) is 12.7. The second-order valence-corrected chi connectivity index (χ2v) is 5.76. The van der Waals surface area contributed by atoms with Gasteiger partial charge in [-0.3, -0.25) is 9.48 Å². The lowest BCUT2D eigenvalue weighted by Gasteiger charge is -2.09. The van der Waals surface area contributed by atoms with Crippen LogP contribution in [0, 0.1) is 0 Å². The molecule has 5 heteroatoms. The number of rotatable bonds is 4. The van der Waals surface area contributed by atoms with E-state index in [9.17, 15) is 4.79 Å². The van der Waals surface area contributed by atoms with E-state index >= 15 is 0 Å². The van der Waals surface area contributed by atoms with Crippen molar-refractivity contribution in [3.05, 3.63) is 64.3 Å². The minimum atomic E-state index is -0.824. The molecule has 0 atom stereocenters. The molecule has 0 aliphatic rings. The number of benzene rings is 2. The summed E-state index contributed by atoms with van der Waals surface area (Å²) in [6, 6.07) is 13.6. The van der Waals surface area contributed by atoms with Crippen LogP contribution >= 0.6 is 15.9 Å². The fraction of sp³-hybridized carbons (Fsp3) is 0.125. The molecule has 0 saturated heterocycles. The second-order valence-electron chi connectivity index (χ2n) is 4.84. The average Bonchev–Trinajstić information content (AvgIpc) is 2.83. The molecule has 0 fully saturated rings. The van der Waals surface area contributed by atoms with Gasteiger partial charge in [-0.15, -0.1) is 0 Å². The average molecular weight is 345 g/mol. The Kier molecular flexibility index (Phi) is 3.75. The molecule has 3 aromatic rings. The molecule has 0 spiro atoms. The summed E-state index contributed by atoms with van der Waals surface area (Å²) in [5, 5.41) is 14.5. The highest BCUT2D eigenvalue weighted by molar-refractivity contribution is 9.10. The quantitative estimate of drug-likeness (QED) is 0.788. The molecule has 0 radical (unpaired) electrons. The summed E-state index contributed by atoms with van der Waals surface area (Å²) in [4.78, 5) is 11.0. The van der Waals surface area contributed by atoms with Gasteiger partial charge in [-0.1, -0.05) is 46.3 Å². The van der Waals surface area contributed by atoms with Gasteiger partial charge in [0.25, 0.3) is 0 Å². The van der Waals surface area contributed by atoms with Gasteiger partial charge >= 0.3 is 5.97 Å². The van der Waals surface area contributed by atoms with E-state index in [-0.39, 0.29) is 6.42 Å². The van der Waals surface area contributed by atoms with E-state index in [1.165, 1.54) is 0 Å². The van der Waals surface area contributed by atoms with Gasteiger partial charge in [-0.2, -0.15) is 5.10 Å². The van der Waals surface area contributed by atoms with Crippen LogP contribution in [0.5, 0.6) is 0 Å². The third kappa shape index (κ3) is 2.97. The van der Waals surface area contributed by atoms with E-state index in [1.54, 1.807) is 0 Å². The number of aliphatic carboxylic acids is 1. The van der Waals surface area contributed by atoms with E-state index in [4.69, 9.17) is 5.11 Å². The predicted octanol–water partition coefficient (Wildman–Crippen LogP) is 3.47. The Morgan fingerprint density at radius 2 is 1.95 bits per heavy atom. The lowest BCUT2D eigenvalue weighted by atomic mass is 10.0. The van der Waals surface area contributed by atoms with Gasteiger partial charge in [-0.25, -0.2) is 0 Å². The summed E-state index contributed by atoms with van der Waals surface area (Å²) >= 11 is 3.47.